The average molecular weight is 228 g/mol. The van der Waals surface area contributed by atoms with E-state index < -0.39 is 21.5 Å². The van der Waals surface area contributed by atoms with Crippen molar-refractivity contribution in [3.63, 3.8) is 0 Å². The summed E-state index contributed by atoms with van der Waals surface area (Å²) in [4.78, 5) is 0. The molecule has 0 amide bonds. The molecule has 0 radical (unpaired) electrons. The molecule has 0 aromatic heterocycles. The van der Waals surface area contributed by atoms with Crippen molar-refractivity contribution in [2.75, 3.05) is 0 Å². The molecule has 4 nitrogen and oxygen atoms in total. The largest absolute Gasteiger partial charge is 0.391 e. The zero-order chi connectivity index (χ0) is 11.1. The van der Waals surface area contributed by atoms with E-state index >= 15 is 0 Å². The first-order valence-corrected chi connectivity index (χ1v) is 6.20. The third-order valence-electron chi connectivity index (χ3n) is 2.78. The summed E-state index contributed by atoms with van der Waals surface area (Å²) in [5.74, 6) is 0. The van der Waals surface area contributed by atoms with Crippen LogP contribution in [-0.4, -0.2) is 29.4 Å². The Morgan fingerprint density at radius 2 is 1.67 bits per heavy atom. The van der Waals surface area contributed by atoms with Gasteiger partial charge in [-0.2, -0.15) is 8.42 Å². The van der Waals surface area contributed by atoms with Crippen molar-refractivity contribution in [1.29, 1.82) is 0 Å². The molecule has 0 aliphatic heterocycles. The normalized spacial score (nSPS) is 26.0. The molecule has 2 atom stereocenters. The Kier molecular flexibility index (Phi) is 2.54. The third-order valence-corrected chi connectivity index (χ3v) is 4.03. The molecule has 0 bridgehead atoms. The molecule has 0 saturated carbocycles. The van der Waals surface area contributed by atoms with E-state index in [1.54, 1.807) is 0 Å². The number of aliphatic hydroxyl groups is 1. The van der Waals surface area contributed by atoms with Gasteiger partial charge in [0, 0.05) is 6.42 Å². The highest BCUT2D eigenvalue weighted by molar-refractivity contribution is 7.86. The van der Waals surface area contributed by atoms with E-state index in [2.05, 4.69) is 0 Å². The van der Waals surface area contributed by atoms with Gasteiger partial charge in [-0.1, -0.05) is 24.3 Å². The number of hydrogen-bond acceptors (Lipinski definition) is 3. The van der Waals surface area contributed by atoms with Gasteiger partial charge in [0.05, 0.1) is 6.10 Å². The molecule has 1 aliphatic rings. The van der Waals surface area contributed by atoms with Crippen LogP contribution in [0, 0.1) is 0 Å². The lowest BCUT2D eigenvalue weighted by Gasteiger charge is -2.27. The molecule has 1 aliphatic carbocycles. The monoisotopic (exact) mass is 228 g/mol. The summed E-state index contributed by atoms with van der Waals surface area (Å²) in [7, 11) is -4.17. The van der Waals surface area contributed by atoms with Crippen LogP contribution in [0.2, 0.25) is 0 Å². The minimum atomic E-state index is -4.17. The summed E-state index contributed by atoms with van der Waals surface area (Å²) in [6.07, 6.45) is -0.563. The topological polar surface area (TPSA) is 74.6 Å². The maximum absolute atomic E-state index is 11.0. The summed E-state index contributed by atoms with van der Waals surface area (Å²) < 4.78 is 31.0. The molecule has 0 spiro atoms. The predicted molar refractivity (Wildman–Crippen MR) is 55.2 cm³/mol. The number of fused-ring (bicyclic) bond motifs is 1. The van der Waals surface area contributed by atoms with Crippen LogP contribution in [0.25, 0.3) is 0 Å². The number of aliphatic hydroxyl groups excluding tert-OH is 1. The second kappa shape index (κ2) is 3.59. The fourth-order valence-electron chi connectivity index (χ4n) is 1.97. The molecule has 5 heteroatoms. The first kappa shape index (κ1) is 10.6. The molecule has 2 unspecified atom stereocenters. The van der Waals surface area contributed by atoms with Crippen LogP contribution in [-0.2, 0) is 23.0 Å². The Labute approximate surface area is 88.3 Å². The highest BCUT2D eigenvalue weighted by atomic mass is 32.2. The van der Waals surface area contributed by atoms with Crippen LogP contribution in [0.1, 0.15) is 11.1 Å². The standard InChI is InChI=1S/C10H12O4S/c11-9-5-7-3-1-2-4-8(7)6-10(9)15(12,13)14/h1-4,9-11H,5-6H2,(H,12,13,14). The van der Waals surface area contributed by atoms with Crippen molar-refractivity contribution in [3.8, 4) is 0 Å². The van der Waals surface area contributed by atoms with Crippen molar-refractivity contribution in [3.05, 3.63) is 35.4 Å². The fraction of sp³-hybridized carbons (Fsp3) is 0.400. The second-order valence-electron chi connectivity index (χ2n) is 3.80. The van der Waals surface area contributed by atoms with Crippen LogP contribution in [0.4, 0.5) is 0 Å². The van der Waals surface area contributed by atoms with Crippen LogP contribution in [0.5, 0.6) is 0 Å². The summed E-state index contributed by atoms with van der Waals surface area (Å²) >= 11 is 0. The molecule has 82 valence electrons. The lowest BCUT2D eigenvalue weighted by molar-refractivity contribution is 0.157. The molecule has 1 aromatic rings. The van der Waals surface area contributed by atoms with Gasteiger partial charge in [0.1, 0.15) is 5.25 Å². The SMILES string of the molecule is O=S(=O)(O)C1Cc2ccccc2CC1O. The Bertz CT molecular complexity index is 466. The summed E-state index contributed by atoms with van der Waals surface area (Å²) in [5.41, 5.74) is 1.83. The van der Waals surface area contributed by atoms with Crippen molar-refractivity contribution in [2.45, 2.75) is 24.2 Å². The molecule has 2 N–H and O–H groups in total. The maximum atomic E-state index is 11.0. The molecular weight excluding hydrogens is 216 g/mol. The van der Waals surface area contributed by atoms with Crippen LogP contribution < -0.4 is 0 Å². The highest BCUT2D eigenvalue weighted by Crippen LogP contribution is 2.25. The number of benzene rings is 1. The van der Waals surface area contributed by atoms with Crippen molar-refractivity contribution in [1.82, 2.24) is 0 Å². The maximum Gasteiger partial charge on any atom is 0.270 e. The van der Waals surface area contributed by atoms with Gasteiger partial charge in [-0.05, 0) is 17.5 Å². The van der Waals surface area contributed by atoms with Crippen molar-refractivity contribution >= 4 is 10.1 Å². The van der Waals surface area contributed by atoms with E-state index in [9.17, 15) is 13.5 Å². The van der Waals surface area contributed by atoms with Gasteiger partial charge in [0.2, 0.25) is 0 Å². The second-order valence-corrected chi connectivity index (χ2v) is 5.43. The van der Waals surface area contributed by atoms with Gasteiger partial charge in [-0.15, -0.1) is 0 Å². The molecule has 15 heavy (non-hydrogen) atoms. The van der Waals surface area contributed by atoms with Crippen molar-refractivity contribution < 1.29 is 18.1 Å². The summed E-state index contributed by atoms with van der Waals surface area (Å²) in [5, 5.41) is 8.52. The van der Waals surface area contributed by atoms with E-state index in [4.69, 9.17) is 4.55 Å². The first-order chi connectivity index (χ1) is 6.98. The van der Waals surface area contributed by atoms with Gasteiger partial charge in [0.15, 0.2) is 0 Å². The summed E-state index contributed by atoms with van der Waals surface area (Å²) in [6.45, 7) is 0. The van der Waals surface area contributed by atoms with Gasteiger partial charge >= 0.3 is 0 Å². The van der Waals surface area contributed by atoms with E-state index in [1.165, 1.54) is 0 Å². The third kappa shape index (κ3) is 2.04. The Morgan fingerprint density at radius 1 is 1.13 bits per heavy atom. The molecule has 2 rings (SSSR count). The Balaban J connectivity index is 2.38. The molecule has 0 fully saturated rings. The van der Waals surface area contributed by atoms with Gasteiger partial charge in [-0.25, -0.2) is 0 Å². The minimum Gasteiger partial charge on any atom is -0.391 e. The number of rotatable bonds is 1. The minimum absolute atomic E-state index is 0.177. The smallest absolute Gasteiger partial charge is 0.270 e. The lowest BCUT2D eigenvalue weighted by atomic mass is 9.89. The quantitative estimate of drug-likeness (QED) is 0.682. The molecule has 0 saturated heterocycles. The highest BCUT2D eigenvalue weighted by Gasteiger charge is 2.35. The van der Waals surface area contributed by atoms with E-state index in [0.717, 1.165) is 11.1 Å². The lowest BCUT2D eigenvalue weighted by Crippen LogP contribution is -2.40. The fourth-order valence-corrected chi connectivity index (χ4v) is 2.85. The zero-order valence-electron chi connectivity index (χ0n) is 8.00. The molecule has 0 heterocycles. The average Bonchev–Trinajstić information content (AvgIpc) is 2.15. The Hall–Kier alpha value is -0.910. The van der Waals surface area contributed by atoms with Gasteiger partial charge in [-0.3, -0.25) is 4.55 Å². The van der Waals surface area contributed by atoms with Crippen LogP contribution >= 0.6 is 0 Å². The zero-order valence-corrected chi connectivity index (χ0v) is 8.81. The van der Waals surface area contributed by atoms with Crippen molar-refractivity contribution in [2.24, 2.45) is 0 Å². The van der Waals surface area contributed by atoms with Gasteiger partial charge < -0.3 is 5.11 Å². The Morgan fingerprint density at radius 3 is 2.20 bits per heavy atom. The van der Waals surface area contributed by atoms with E-state index in [0.29, 0.717) is 0 Å². The predicted octanol–water partition coefficient (Wildman–Crippen LogP) is 0.402. The molecule has 1 aromatic carbocycles. The van der Waals surface area contributed by atoms with E-state index in [1.807, 2.05) is 24.3 Å². The van der Waals surface area contributed by atoms with Crippen LogP contribution in [0.15, 0.2) is 24.3 Å². The first-order valence-electron chi connectivity index (χ1n) is 4.69. The molecular formula is C10H12O4S. The van der Waals surface area contributed by atoms with Crippen LogP contribution in [0.3, 0.4) is 0 Å². The summed E-state index contributed by atoms with van der Waals surface area (Å²) in [6, 6.07) is 7.34. The van der Waals surface area contributed by atoms with E-state index in [-0.39, 0.29) is 12.8 Å². The van der Waals surface area contributed by atoms with Gasteiger partial charge in [0.25, 0.3) is 10.1 Å². The number of hydrogen-bond donors (Lipinski definition) is 2.